The largest absolute Gasteiger partial charge is 0.0585 e. The maximum absolute atomic E-state index is 2.38. The van der Waals surface area contributed by atoms with Gasteiger partial charge in [-0.3, -0.25) is 0 Å². The van der Waals surface area contributed by atoms with E-state index in [4.69, 9.17) is 0 Å². The normalized spacial score (nSPS) is 21.6. The lowest BCUT2D eigenvalue weighted by Gasteiger charge is -2.30. The molecular weight excluding hydrogens is 312 g/mol. The van der Waals surface area contributed by atoms with Crippen molar-refractivity contribution in [2.75, 3.05) is 0 Å². The van der Waals surface area contributed by atoms with Crippen LogP contribution in [0, 0.1) is 0 Å². The quantitative estimate of drug-likeness (QED) is 0.521. The fourth-order valence-electron chi connectivity index (χ4n) is 4.27. The first kappa shape index (κ1) is 19.2. The van der Waals surface area contributed by atoms with Crippen LogP contribution in [0.3, 0.4) is 0 Å². The molecule has 1 aliphatic rings. The lowest BCUT2D eigenvalue weighted by atomic mass is 9.75. The van der Waals surface area contributed by atoms with Gasteiger partial charge in [-0.25, -0.2) is 0 Å². The highest BCUT2D eigenvalue weighted by Gasteiger charge is 2.24. The molecule has 0 nitrogen and oxygen atoms in total. The summed E-state index contributed by atoms with van der Waals surface area (Å²) >= 11 is 0. The fraction of sp³-hybridized carbons (Fsp3) is 0.538. The molecule has 0 aliphatic heterocycles. The second-order valence-corrected chi connectivity index (χ2v) is 10.3. The molecule has 2 aromatic rings. The molecule has 0 atom stereocenters. The topological polar surface area (TPSA) is 0 Å². The highest BCUT2D eigenvalue weighted by molar-refractivity contribution is 5.32. The van der Waals surface area contributed by atoms with E-state index in [1.165, 1.54) is 36.8 Å². The molecule has 0 amide bonds. The minimum atomic E-state index is 0.245. The lowest BCUT2D eigenvalue weighted by molar-refractivity contribution is 0.396. The van der Waals surface area contributed by atoms with E-state index < -0.39 is 0 Å². The van der Waals surface area contributed by atoms with Crippen LogP contribution in [0.5, 0.6) is 0 Å². The Labute approximate surface area is 161 Å². The number of benzene rings is 2. The van der Waals surface area contributed by atoms with Gasteiger partial charge in [-0.2, -0.15) is 0 Å². The first-order valence-electron chi connectivity index (χ1n) is 10.4. The highest BCUT2D eigenvalue weighted by Crippen LogP contribution is 2.41. The van der Waals surface area contributed by atoms with E-state index >= 15 is 0 Å². The molecule has 0 radical (unpaired) electrons. The van der Waals surface area contributed by atoms with Gasteiger partial charge in [0.25, 0.3) is 0 Å². The summed E-state index contributed by atoms with van der Waals surface area (Å²) in [6.07, 6.45) is 5.28. The molecule has 0 heterocycles. The van der Waals surface area contributed by atoms with E-state index in [0.29, 0.717) is 0 Å². The summed E-state index contributed by atoms with van der Waals surface area (Å²) in [6.45, 7) is 13.7. The zero-order chi connectivity index (χ0) is 18.9. The van der Waals surface area contributed by atoms with Crippen LogP contribution >= 0.6 is 0 Å². The summed E-state index contributed by atoms with van der Waals surface area (Å²) in [6, 6.07) is 18.9. The van der Waals surface area contributed by atoms with Gasteiger partial charge >= 0.3 is 0 Å². The Kier molecular flexibility index (Phi) is 5.33. The first-order valence-corrected chi connectivity index (χ1v) is 10.4. The zero-order valence-electron chi connectivity index (χ0n) is 17.6. The predicted molar refractivity (Wildman–Crippen MR) is 114 cm³/mol. The van der Waals surface area contributed by atoms with E-state index in [-0.39, 0.29) is 10.8 Å². The molecular formula is C26H36. The Morgan fingerprint density at radius 1 is 0.500 bits per heavy atom. The molecule has 0 spiro atoms. The van der Waals surface area contributed by atoms with Crippen molar-refractivity contribution in [3.05, 3.63) is 70.8 Å². The van der Waals surface area contributed by atoms with Gasteiger partial charge < -0.3 is 0 Å². The van der Waals surface area contributed by atoms with Crippen LogP contribution in [0.2, 0.25) is 0 Å². The van der Waals surface area contributed by atoms with E-state index in [1.807, 2.05) is 0 Å². The summed E-state index contributed by atoms with van der Waals surface area (Å²) in [5.41, 5.74) is 6.45. The molecule has 0 N–H and O–H groups in total. The molecule has 1 aliphatic carbocycles. The van der Waals surface area contributed by atoms with Gasteiger partial charge in [0.05, 0.1) is 0 Å². The van der Waals surface area contributed by atoms with E-state index in [2.05, 4.69) is 90.1 Å². The minimum absolute atomic E-state index is 0.245. The monoisotopic (exact) mass is 348 g/mol. The van der Waals surface area contributed by atoms with Crippen LogP contribution in [-0.2, 0) is 10.8 Å². The van der Waals surface area contributed by atoms with Crippen LogP contribution < -0.4 is 0 Å². The standard InChI is InChI=1S/C26H36/c1-25(2,3)23-15-11-21(12-16-23)19-7-9-20(10-8-19)22-13-17-24(18-14-22)26(4,5)6/h11-20H,7-10H2,1-6H3. The molecule has 3 rings (SSSR count). The molecule has 26 heavy (non-hydrogen) atoms. The van der Waals surface area contributed by atoms with Crippen molar-refractivity contribution in [1.82, 2.24) is 0 Å². The van der Waals surface area contributed by atoms with Gasteiger partial charge in [-0.15, -0.1) is 0 Å². The van der Waals surface area contributed by atoms with E-state index in [0.717, 1.165) is 11.8 Å². The zero-order valence-corrected chi connectivity index (χ0v) is 17.6. The average Bonchev–Trinajstić information content (AvgIpc) is 2.61. The van der Waals surface area contributed by atoms with Crippen molar-refractivity contribution < 1.29 is 0 Å². The van der Waals surface area contributed by atoms with E-state index in [9.17, 15) is 0 Å². The van der Waals surface area contributed by atoms with Gasteiger partial charge in [0.2, 0.25) is 0 Å². The second kappa shape index (κ2) is 7.22. The lowest BCUT2D eigenvalue weighted by Crippen LogP contribution is -2.14. The molecule has 140 valence electrons. The SMILES string of the molecule is CC(C)(C)c1ccc(C2CCC(c3ccc(C(C)(C)C)cc3)CC2)cc1. The van der Waals surface area contributed by atoms with Crippen LogP contribution in [-0.4, -0.2) is 0 Å². The summed E-state index contributed by atoms with van der Waals surface area (Å²) in [5.74, 6) is 1.49. The maximum atomic E-state index is 2.38. The van der Waals surface area contributed by atoms with Crippen LogP contribution in [0.25, 0.3) is 0 Å². The van der Waals surface area contributed by atoms with Crippen molar-refractivity contribution in [2.24, 2.45) is 0 Å². The van der Waals surface area contributed by atoms with Crippen molar-refractivity contribution in [2.45, 2.75) is 89.9 Å². The smallest absolute Gasteiger partial charge is 0.0132 e. The summed E-state index contributed by atoms with van der Waals surface area (Å²) in [7, 11) is 0. The van der Waals surface area contributed by atoms with Crippen LogP contribution in [0.4, 0.5) is 0 Å². The molecule has 0 heteroatoms. The molecule has 0 aromatic heterocycles. The first-order chi connectivity index (χ1) is 12.1. The Hall–Kier alpha value is -1.56. The fourth-order valence-corrected chi connectivity index (χ4v) is 4.27. The summed E-state index contributed by atoms with van der Waals surface area (Å²) in [5, 5.41) is 0. The maximum Gasteiger partial charge on any atom is -0.0132 e. The molecule has 0 unspecified atom stereocenters. The molecule has 0 bridgehead atoms. The minimum Gasteiger partial charge on any atom is -0.0585 e. The average molecular weight is 349 g/mol. The van der Waals surface area contributed by atoms with Crippen molar-refractivity contribution in [3.63, 3.8) is 0 Å². The predicted octanol–water partition coefficient (Wildman–Crippen LogP) is 7.72. The molecule has 2 aromatic carbocycles. The molecule has 0 saturated heterocycles. The van der Waals surface area contributed by atoms with Gasteiger partial charge in [-0.1, -0.05) is 90.1 Å². The molecule has 1 saturated carbocycles. The van der Waals surface area contributed by atoms with Gasteiger partial charge in [0, 0.05) is 0 Å². The molecule has 1 fully saturated rings. The highest BCUT2D eigenvalue weighted by atomic mass is 14.3. The Morgan fingerprint density at radius 2 is 0.769 bits per heavy atom. The number of rotatable bonds is 2. The summed E-state index contributed by atoms with van der Waals surface area (Å²) in [4.78, 5) is 0. The summed E-state index contributed by atoms with van der Waals surface area (Å²) < 4.78 is 0. The Morgan fingerprint density at radius 3 is 1.00 bits per heavy atom. The number of hydrogen-bond donors (Lipinski definition) is 0. The van der Waals surface area contributed by atoms with Crippen LogP contribution in [0.15, 0.2) is 48.5 Å². The third-order valence-electron chi connectivity index (χ3n) is 6.22. The number of hydrogen-bond acceptors (Lipinski definition) is 0. The van der Waals surface area contributed by atoms with E-state index in [1.54, 1.807) is 11.1 Å². The van der Waals surface area contributed by atoms with Crippen LogP contribution in [0.1, 0.15) is 101 Å². The Balaban J connectivity index is 1.62. The van der Waals surface area contributed by atoms with Crippen molar-refractivity contribution in [1.29, 1.82) is 0 Å². The van der Waals surface area contributed by atoms with Gasteiger partial charge in [0.15, 0.2) is 0 Å². The third kappa shape index (κ3) is 4.40. The third-order valence-corrected chi connectivity index (χ3v) is 6.22. The van der Waals surface area contributed by atoms with Crippen molar-refractivity contribution in [3.8, 4) is 0 Å². The van der Waals surface area contributed by atoms with Gasteiger partial charge in [0.1, 0.15) is 0 Å². The van der Waals surface area contributed by atoms with Crippen molar-refractivity contribution >= 4 is 0 Å². The Bertz CT molecular complexity index is 631. The van der Waals surface area contributed by atoms with Gasteiger partial charge in [-0.05, 0) is 70.6 Å². The second-order valence-electron chi connectivity index (χ2n) is 10.3.